The van der Waals surface area contributed by atoms with Crippen LogP contribution in [-0.2, 0) is 4.74 Å². The van der Waals surface area contributed by atoms with Gasteiger partial charge in [-0.15, -0.1) is 0 Å². The Kier molecular flexibility index (Phi) is 4.80. The van der Waals surface area contributed by atoms with Crippen LogP contribution in [0.1, 0.15) is 24.2 Å². The Labute approximate surface area is 124 Å². The maximum Gasteiger partial charge on any atom is 0.253 e. The molecule has 0 bridgehead atoms. The van der Waals surface area contributed by atoms with Gasteiger partial charge >= 0.3 is 0 Å². The number of nitrogens with zero attached hydrogens (tertiary/aromatic N) is 1. The van der Waals surface area contributed by atoms with E-state index < -0.39 is 5.82 Å². The van der Waals surface area contributed by atoms with E-state index in [4.69, 9.17) is 10.5 Å². The third-order valence-corrected chi connectivity index (χ3v) is 3.81. The first-order chi connectivity index (χ1) is 9.90. The van der Waals surface area contributed by atoms with Gasteiger partial charge in [-0.25, -0.2) is 4.39 Å². The molecular formula is C15H22FN3O2. The zero-order valence-corrected chi connectivity index (χ0v) is 12.5. The molecule has 1 saturated heterocycles. The van der Waals surface area contributed by atoms with Crippen molar-refractivity contribution >= 4 is 11.6 Å². The average Bonchev–Trinajstić information content (AvgIpc) is 2.48. The number of nitrogens with one attached hydrogen (secondary N) is 1. The lowest BCUT2D eigenvalue weighted by atomic mass is 10.0. The van der Waals surface area contributed by atoms with Gasteiger partial charge in [-0.3, -0.25) is 9.69 Å². The molecule has 5 nitrogen and oxygen atoms in total. The third kappa shape index (κ3) is 3.92. The smallest absolute Gasteiger partial charge is 0.253 e. The standard InChI is InChI=1S/C15H22FN3O2/c1-15(2,19-5-7-21-8-6-19)10-18-14(20)12-9-11(16)3-4-13(12)17/h3-4,9H,5-8,10,17H2,1-2H3,(H,18,20). The molecule has 0 atom stereocenters. The Morgan fingerprint density at radius 2 is 2.10 bits per heavy atom. The van der Waals surface area contributed by atoms with Crippen LogP contribution in [0.15, 0.2) is 18.2 Å². The molecule has 1 fully saturated rings. The van der Waals surface area contributed by atoms with Crippen LogP contribution in [0.3, 0.4) is 0 Å². The van der Waals surface area contributed by atoms with E-state index in [1.165, 1.54) is 12.1 Å². The molecule has 1 aliphatic heterocycles. The summed E-state index contributed by atoms with van der Waals surface area (Å²) in [5.74, 6) is -0.824. The van der Waals surface area contributed by atoms with Gasteiger partial charge in [0.2, 0.25) is 0 Å². The molecule has 0 spiro atoms. The van der Waals surface area contributed by atoms with Crippen LogP contribution in [0.2, 0.25) is 0 Å². The maximum absolute atomic E-state index is 13.2. The van der Waals surface area contributed by atoms with Crippen molar-refractivity contribution in [3.05, 3.63) is 29.6 Å². The number of amides is 1. The number of nitrogens with two attached hydrogens (primary N) is 1. The predicted molar refractivity (Wildman–Crippen MR) is 79.6 cm³/mol. The maximum atomic E-state index is 13.2. The Bertz CT molecular complexity index is 514. The number of carbonyl (C=O) groups excluding carboxylic acids is 1. The largest absolute Gasteiger partial charge is 0.398 e. The van der Waals surface area contributed by atoms with Gasteiger partial charge in [0.25, 0.3) is 5.91 Å². The second-order valence-electron chi connectivity index (χ2n) is 5.83. The number of morpholine rings is 1. The fourth-order valence-electron chi connectivity index (χ4n) is 2.40. The van der Waals surface area contributed by atoms with Crippen LogP contribution < -0.4 is 11.1 Å². The summed E-state index contributed by atoms with van der Waals surface area (Å²) < 4.78 is 18.5. The summed E-state index contributed by atoms with van der Waals surface area (Å²) in [6.07, 6.45) is 0. The summed E-state index contributed by atoms with van der Waals surface area (Å²) in [4.78, 5) is 14.4. The Hall–Kier alpha value is -1.66. The number of nitrogen functional groups attached to an aromatic ring is 1. The van der Waals surface area contributed by atoms with Crippen LogP contribution in [-0.4, -0.2) is 49.2 Å². The zero-order valence-electron chi connectivity index (χ0n) is 12.5. The molecule has 21 heavy (non-hydrogen) atoms. The van der Waals surface area contributed by atoms with E-state index in [1.807, 2.05) is 0 Å². The van der Waals surface area contributed by atoms with Gasteiger partial charge in [0.05, 0.1) is 18.8 Å². The van der Waals surface area contributed by atoms with Crippen LogP contribution in [0.25, 0.3) is 0 Å². The van der Waals surface area contributed by atoms with Crippen LogP contribution in [0.4, 0.5) is 10.1 Å². The number of halogens is 1. The number of hydrogen-bond acceptors (Lipinski definition) is 4. The molecule has 3 N–H and O–H groups in total. The molecule has 0 radical (unpaired) electrons. The van der Waals surface area contributed by atoms with E-state index in [0.717, 1.165) is 19.2 Å². The summed E-state index contributed by atoms with van der Waals surface area (Å²) in [6.45, 7) is 7.67. The third-order valence-electron chi connectivity index (χ3n) is 3.81. The number of anilines is 1. The van der Waals surface area contributed by atoms with Gasteiger partial charge in [0.1, 0.15) is 5.82 Å². The van der Waals surface area contributed by atoms with Gasteiger partial charge in [0.15, 0.2) is 0 Å². The van der Waals surface area contributed by atoms with Crippen molar-refractivity contribution < 1.29 is 13.9 Å². The lowest BCUT2D eigenvalue weighted by molar-refractivity contribution is -0.00923. The highest BCUT2D eigenvalue weighted by Gasteiger charge is 2.28. The second kappa shape index (κ2) is 6.41. The SMILES string of the molecule is CC(C)(CNC(=O)c1cc(F)ccc1N)N1CCOCC1. The highest BCUT2D eigenvalue weighted by molar-refractivity contribution is 5.99. The average molecular weight is 295 g/mol. The molecule has 2 rings (SSSR count). The minimum atomic E-state index is -0.471. The summed E-state index contributed by atoms with van der Waals surface area (Å²) in [5.41, 5.74) is 5.97. The molecule has 1 aromatic carbocycles. The van der Waals surface area contributed by atoms with E-state index in [2.05, 4.69) is 24.1 Å². The number of ether oxygens (including phenoxy) is 1. The topological polar surface area (TPSA) is 67.6 Å². The Balaban J connectivity index is 1.98. The monoisotopic (exact) mass is 295 g/mol. The van der Waals surface area contributed by atoms with Crippen molar-refractivity contribution in [2.75, 3.05) is 38.6 Å². The van der Waals surface area contributed by atoms with Gasteiger partial charge in [-0.05, 0) is 32.0 Å². The Morgan fingerprint density at radius 1 is 1.43 bits per heavy atom. The second-order valence-corrected chi connectivity index (χ2v) is 5.83. The summed E-state index contributed by atoms with van der Waals surface area (Å²) in [6, 6.07) is 3.80. The molecule has 0 unspecified atom stereocenters. The van der Waals surface area contributed by atoms with Crippen molar-refractivity contribution in [1.29, 1.82) is 0 Å². The number of rotatable bonds is 4. The lowest BCUT2D eigenvalue weighted by Gasteiger charge is -2.40. The fraction of sp³-hybridized carbons (Fsp3) is 0.533. The van der Waals surface area contributed by atoms with Gasteiger partial charge in [-0.2, -0.15) is 0 Å². The molecule has 1 aliphatic rings. The van der Waals surface area contributed by atoms with Crippen LogP contribution in [0.5, 0.6) is 0 Å². The number of carbonyl (C=O) groups is 1. The first-order valence-corrected chi connectivity index (χ1v) is 7.06. The fourth-order valence-corrected chi connectivity index (χ4v) is 2.40. The van der Waals surface area contributed by atoms with E-state index in [1.54, 1.807) is 0 Å². The van der Waals surface area contributed by atoms with Crippen molar-refractivity contribution in [3.63, 3.8) is 0 Å². The Morgan fingerprint density at radius 3 is 2.76 bits per heavy atom. The minimum Gasteiger partial charge on any atom is -0.398 e. The summed E-state index contributed by atoms with van der Waals surface area (Å²) in [7, 11) is 0. The van der Waals surface area contributed by atoms with E-state index in [-0.39, 0.29) is 22.7 Å². The number of hydrogen-bond donors (Lipinski definition) is 2. The first kappa shape index (κ1) is 15.7. The summed E-state index contributed by atoms with van der Waals surface area (Å²) in [5, 5.41) is 2.84. The van der Waals surface area contributed by atoms with Crippen molar-refractivity contribution in [1.82, 2.24) is 10.2 Å². The van der Waals surface area contributed by atoms with Crippen LogP contribution >= 0.6 is 0 Å². The molecule has 0 aliphatic carbocycles. The number of benzene rings is 1. The zero-order chi connectivity index (χ0) is 15.5. The molecular weight excluding hydrogens is 273 g/mol. The van der Waals surface area contributed by atoms with E-state index >= 15 is 0 Å². The highest BCUT2D eigenvalue weighted by Crippen LogP contribution is 2.17. The molecule has 0 aromatic heterocycles. The van der Waals surface area contributed by atoms with Crippen molar-refractivity contribution in [2.24, 2.45) is 0 Å². The molecule has 1 amide bonds. The highest BCUT2D eigenvalue weighted by atomic mass is 19.1. The van der Waals surface area contributed by atoms with Gasteiger partial charge in [0, 0.05) is 30.9 Å². The first-order valence-electron chi connectivity index (χ1n) is 7.06. The van der Waals surface area contributed by atoms with Crippen LogP contribution in [0, 0.1) is 5.82 Å². The molecule has 116 valence electrons. The predicted octanol–water partition coefficient (Wildman–Crippen LogP) is 1.25. The van der Waals surface area contributed by atoms with E-state index in [9.17, 15) is 9.18 Å². The normalized spacial score (nSPS) is 16.7. The van der Waals surface area contributed by atoms with Gasteiger partial charge in [-0.1, -0.05) is 0 Å². The quantitative estimate of drug-likeness (QED) is 0.820. The summed E-state index contributed by atoms with van der Waals surface area (Å²) >= 11 is 0. The van der Waals surface area contributed by atoms with E-state index in [0.29, 0.717) is 19.8 Å². The molecule has 1 aromatic rings. The molecule has 0 saturated carbocycles. The molecule has 6 heteroatoms. The minimum absolute atomic E-state index is 0.174. The van der Waals surface area contributed by atoms with Crippen molar-refractivity contribution in [3.8, 4) is 0 Å². The van der Waals surface area contributed by atoms with Gasteiger partial charge < -0.3 is 15.8 Å². The molecule has 1 heterocycles. The lowest BCUT2D eigenvalue weighted by Crippen LogP contribution is -2.55. The van der Waals surface area contributed by atoms with Crippen molar-refractivity contribution in [2.45, 2.75) is 19.4 Å².